The zero-order valence-corrected chi connectivity index (χ0v) is 8.53. The highest BCUT2D eigenvalue weighted by molar-refractivity contribution is 7.80. The van der Waals surface area contributed by atoms with Crippen LogP contribution in [0, 0.1) is 0 Å². The van der Waals surface area contributed by atoms with Gasteiger partial charge in [-0.25, -0.2) is 0 Å². The maximum absolute atomic E-state index is 5.55. The summed E-state index contributed by atoms with van der Waals surface area (Å²) in [6.07, 6.45) is 0. The highest BCUT2D eigenvalue weighted by atomic mass is 32.1. The van der Waals surface area contributed by atoms with Gasteiger partial charge in [0.25, 0.3) is 0 Å². The molecule has 1 nitrogen and oxygen atoms in total. The number of hydrogen-bond acceptors (Lipinski definition) is 2. The summed E-state index contributed by atoms with van der Waals surface area (Å²) in [7, 11) is -1.27. The van der Waals surface area contributed by atoms with E-state index in [1.54, 1.807) is 0 Å². The van der Waals surface area contributed by atoms with Crippen molar-refractivity contribution in [3.8, 4) is 0 Å². The number of thiol groups is 1. The highest BCUT2D eigenvalue weighted by Gasteiger charge is 2.13. The van der Waals surface area contributed by atoms with Gasteiger partial charge in [-0.15, -0.1) is 0 Å². The fourth-order valence-electron chi connectivity index (χ4n) is 0.371. The zero-order valence-electron chi connectivity index (χ0n) is 6.64. The maximum Gasteiger partial charge on any atom is 0.183 e. The Balaban J connectivity index is 3.28. The Kier molecular flexibility index (Phi) is 3.85. The Hall–Kier alpha value is 0.527. The first kappa shape index (κ1) is 9.53. The molecule has 0 aliphatic heterocycles. The van der Waals surface area contributed by atoms with Gasteiger partial charge in [-0.05, 0) is 19.6 Å². The third-order valence-electron chi connectivity index (χ3n) is 0.758. The molecule has 0 radical (unpaired) electrons. The summed E-state index contributed by atoms with van der Waals surface area (Å²) in [5.41, 5.74) is 0. The van der Waals surface area contributed by atoms with E-state index in [0.29, 0.717) is 5.25 Å². The molecule has 56 valence electrons. The Morgan fingerprint density at radius 2 is 1.89 bits per heavy atom. The van der Waals surface area contributed by atoms with Crippen LogP contribution in [0.4, 0.5) is 0 Å². The monoisotopic (exact) mass is 164 g/mol. The largest absolute Gasteiger partial charge is 0.417 e. The molecule has 0 aromatic rings. The van der Waals surface area contributed by atoms with Gasteiger partial charge in [0.15, 0.2) is 8.32 Å². The molecular weight excluding hydrogens is 148 g/mol. The van der Waals surface area contributed by atoms with Crippen molar-refractivity contribution in [3.63, 3.8) is 0 Å². The average molecular weight is 164 g/mol. The molecule has 0 N–H and O–H groups in total. The summed E-state index contributed by atoms with van der Waals surface area (Å²) in [6.45, 7) is 9.39. The molecule has 1 atom stereocenters. The van der Waals surface area contributed by atoms with Gasteiger partial charge in [-0.2, -0.15) is 12.6 Å². The van der Waals surface area contributed by atoms with Crippen molar-refractivity contribution in [1.82, 2.24) is 0 Å². The smallest absolute Gasteiger partial charge is 0.183 e. The molecule has 0 aromatic heterocycles. The summed E-state index contributed by atoms with van der Waals surface area (Å²) < 4.78 is 5.55. The maximum atomic E-state index is 5.55. The molecule has 0 amide bonds. The molecule has 9 heavy (non-hydrogen) atoms. The van der Waals surface area contributed by atoms with Crippen LogP contribution in [0.5, 0.6) is 0 Å². The molecule has 3 heteroatoms. The predicted octanol–water partition coefficient (Wildman–Crippen LogP) is 2.16. The number of hydrogen-bond donors (Lipinski definition) is 1. The normalized spacial score (nSPS) is 15.7. The van der Waals surface area contributed by atoms with Crippen LogP contribution in [0.2, 0.25) is 19.6 Å². The van der Waals surface area contributed by atoms with Gasteiger partial charge in [-0.1, -0.05) is 6.92 Å². The first-order chi connectivity index (χ1) is 3.92. The Morgan fingerprint density at radius 3 is 2.00 bits per heavy atom. The fourth-order valence-corrected chi connectivity index (χ4v) is 1.34. The average Bonchev–Trinajstić information content (AvgIpc) is 1.59. The molecule has 0 saturated carbocycles. The molecule has 0 heterocycles. The summed E-state index contributed by atoms with van der Waals surface area (Å²) in [6, 6.07) is 0. The zero-order chi connectivity index (χ0) is 7.49. The molecular formula is C6H16OSSi. The summed E-state index contributed by atoms with van der Waals surface area (Å²) in [5.74, 6) is 0. The Bertz CT molecular complexity index is 77.6. The minimum Gasteiger partial charge on any atom is -0.417 e. The van der Waals surface area contributed by atoms with E-state index >= 15 is 0 Å². The second-order valence-corrected chi connectivity index (χ2v) is 8.67. The van der Waals surface area contributed by atoms with Crippen molar-refractivity contribution in [2.75, 3.05) is 6.61 Å². The molecule has 0 aromatic carbocycles. The molecule has 0 fully saturated rings. The van der Waals surface area contributed by atoms with Crippen LogP contribution in [-0.4, -0.2) is 20.2 Å². The van der Waals surface area contributed by atoms with Crippen LogP contribution in [0.3, 0.4) is 0 Å². The predicted molar refractivity (Wildman–Crippen MR) is 47.7 cm³/mol. The lowest BCUT2D eigenvalue weighted by molar-refractivity contribution is 0.317. The van der Waals surface area contributed by atoms with Crippen LogP contribution in [0.25, 0.3) is 0 Å². The lowest BCUT2D eigenvalue weighted by Gasteiger charge is -2.18. The first-order valence-electron chi connectivity index (χ1n) is 3.24. The molecule has 0 unspecified atom stereocenters. The van der Waals surface area contributed by atoms with Gasteiger partial charge in [0.1, 0.15) is 0 Å². The van der Waals surface area contributed by atoms with E-state index in [2.05, 4.69) is 32.3 Å². The second kappa shape index (κ2) is 3.64. The quantitative estimate of drug-likeness (QED) is 0.497. The molecule has 0 aliphatic carbocycles. The summed E-state index contributed by atoms with van der Waals surface area (Å²) in [4.78, 5) is 0. The summed E-state index contributed by atoms with van der Waals surface area (Å²) >= 11 is 4.21. The van der Waals surface area contributed by atoms with Gasteiger partial charge in [-0.3, -0.25) is 0 Å². The topological polar surface area (TPSA) is 9.23 Å². The van der Waals surface area contributed by atoms with Crippen LogP contribution in [-0.2, 0) is 4.43 Å². The summed E-state index contributed by atoms with van der Waals surface area (Å²) in [5, 5.41) is 0.372. The third-order valence-corrected chi connectivity index (χ3v) is 1.94. The third kappa shape index (κ3) is 8.53. The molecule has 0 bridgehead atoms. The van der Waals surface area contributed by atoms with Gasteiger partial charge in [0.2, 0.25) is 0 Å². The fraction of sp³-hybridized carbons (Fsp3) is 1.00. The minimum atomic E-state index is -1.27. The van der Waals surface area contributed by atoms with E-state index in [1.165, 1.54) is 0 Å². The Morgan fingerprint density at radius 1 is 1.44 bits per heavy atom. The van der Waals surface area contributed by atoms with Crippen LogP contribution < -0.4 is 0 Å². The lowest BCUT2D eigenvalue weighted by Crippen LogP contribution is -2.28. The van der Waals surface area contributed by atoms with Crippen molar-refractivity contribution >= 4 is 20.9 Å². The minimum absolute atomic E-state index is 0.372. The van der Waals surface area contributed by atoms with Crippen molar-refractivity contribution in [2.24, 2.45) is 0 Å². The van der Waals surface area contributed by atoms with E-state index in [9.17, 15) is 0 Å². The van der Waals surface area contributed by atoms with Gasteiger partial charge in [0, 0.05) is 11.9 Å². The standard InChI is InChI=1S/C6H16OSSi/c1-6(8)5-7-9(2,3)4/h6,8H,5H2,1-4H3/t6-/m1/s1. The van der Waals surface area contributed by atoms with E-state index in [-0.39, 0.29) is 0 Å². The number of rotatable bonds is 3. The lowest BCUT2D eigenvalue weighted by atomic mass is 10.5. The molecule has 0 rings (SSSR count). The van der Waals surface area contributed by atoms with Gasteiger partial charge in [0.05, 0.1) is 0 Å². The van der Waals surface area contributed by atoms with Crippen molar-refractivity contribution in [1.29, 1.82) is 0 Å². The Labute approximate surface area is 64.3 Å². The highest BCUT2D eigenvalue weighted by Crippen LogP contribution is 2.04. The van der Waals surface area contributed by atoms with E-state index in [1.807, 2.05) is 6.92 Å². The molecule has 0 spiro atoms. The second-order valence-electron chi connectivity index (χ2n) is 3.27. The van der Waals surface area contributed by atoms with Crippen molar-refractivity contribution in [2.45, 2.75) is 31.8 Å². The van der Waals surface area contributed by atoms with E-state index < -0.39 is 8.32 Å². The van der Waals surface area contributed by atoms with E-state index in [0.717, 1.165) is 6.61 Å². The van der Waals surface area contributed by atoms with Crippen molar-refractivity contribution < 1.29 is 4.43 Å². The van der Waals surface area contributed by atoms with Crippen LogP contribution in [0.15, 0.2) is 0 Å². The van der Waals surface area contributed by atoms with Crippen LogP contribution >= 0.6 is 12.6 Å². The molecule has 0 aliphatic rings. The van der Waals surface area contributed by atoms with Crippen LogP contribution in [0.1, 0.15) is 6.92 Å². The van der Waals surface area contributed by atoms with Gasteiger partial charge < -0.3 is 4.43 Å². The van der Waals surface area contributed by atoms with Gasteiger partial charge >= 0.3 is 0 Å². The SMILES string of the molecule is C[C@@H](S)CO[Si](C)(C)C. The van der Waals surface area contributed by atoms with E-state index in [4.69, 9.17) is 4.43 Å². The van der Waals surface area contributed by atoms with Crippen molar-refractivity contribution in [3.05, 3.63) is 0 Å². The molecule has 0 saturated heterocycles. The first-order valence-corrected chi connectivity index (χ1v) is 7.16.